The first-order valence-corrected chi connectivity index (χ1v) is 6.61. The smallest absolute Gasteiger partial charge is 0.220 e. The second-order valence-electron chi connectivity index (χ2n) is 4.41. The molecule has 1 aliphatic heterocycles. The number of hydrogen-bond acceptors (Lipinski definition) is 4. The lowest BCUT2D eigenvalue weighted by atomic mass is 10.1. The molecule has 0 bridgehead atoms. The Morgan fingerprint density at radius 1 is 1.56 bits per heavy atom. The third kappa shape index (κ3) is 4.31. The minimum Gasteiger partial charge on any atom is -0.376 e. The number of aromatic nitrogens is 1. The van der Waals surface area contributed by atoms with E-state index in [2.05, 4.69) is 10.5 Å². The molecule has 0 unspecified atom stereocenters. The van der Waals surface area contributed by atoms with Gasteiger partial charge in [-0.15, -0.1) is 0 Å². The van der Waals surface area contributed by atoms with E-state index in [1.807, 2.05) is 0 Å². The van der Waals surface area contributed by atoms with Crippen molar-refractivity contribution in [3.63, 3.8) is 0 Å². The van der Waals surface area contributed by atoms with Gasteiger partial charge in [-0.2, -0.15) is 0 Å². The van der Waals surface area contributed by atoms with E-state index in [1.54, 1.807) is 6.07 Å². The van der Waals surface area contributed by atoms with E-state index in [-0.39, 0.29) is 12.0 Å². The number of amides is 1. The van der Waals surface area contributed by atoms with E-state index < -0.39 is 0 Å². The number of hydrogen-bond donors (Lipinski definition) is 1. The van der Waals surface area contributed by atoms with Crippen LogP contribution in [0.4, 0.5) is 0 Å². The van der Waals surface area contributed by atoms with Gasteiger partial charge in [0.25, 0.3) is 0 Å². The lowest BCUT2D eigenvalue weighted by Crippen LogP contribution is -2.35. The summed E-state index contributed by atoms with van der Waals surface area (Å²) in [7, 11) is 0. The quantitative estimate of drug-likeness (QED) is 0.890. The Labute approximate surface area is 111 Å². The number of aryl methyl sites for hydroxylation is 1. The SMILES string of the molecule is O=C(CCc1cc(Cl)no1)NC[C@@H]1CCCCO1. The largest absolute Gasteiger partial charge is 0.376 e. The number of carbonyl (C=O) groups excluding carboxylic acids is 1. The molecule has 100 valence electrons. The normalized spacial score (nSPS) is 19.7. The molecule has 0 aliphatic carbocycles. The lowest BCUT2D eigenvalue weighted by Gasteiger charge is -2.22. The van der Waals surface area contributed by atoms with Crippen molar-refractivity contribution in [2.75, 3.05) is 13.2 Å². The van der Waals surface area contributed by atoms with Crippen LogP contribution in [0.25, 0.3) is 0 Å². The molecule has 5 nitrogen and oxygen atoms in total. The zero-order chi connectivity index (χ0) is 12.8. The van der Waals surface area contributed by atoms with Crippen LogP contribution in [-0.4, -0.2) is 30.3 Å². The first-order chi connectivity index (χ1) is 8.74. The van der Waals surface area contributed by atoms with Gasteiger partial charge in [-0.1, -0.05) is 16.8 Å². The fraction of sp³-hybridized carbons (Fsp3) is 0.667. The van der Waals surface area contributed by atoms with E-state index in [9.17, 15) is 4.79 Å². The number of rotatable bonds is 5. The minimum atomic E-state index is -0.00306. The molecular weight excluding hydrogens is 256 g/mol. The summed E-state index contributed by atoms with van der Waals surface area (Å²) in [4.78, 5) is 11.6. The van der Waals surface area contributed by atoms with Crippen LogP contribution in [0.5, 0.6) is 0 Å². The monoisotopic (exact) mass is 272 g/mol. The maximum atomic E-state index is 11.6. The van der Waals surface area contributed by atoms with E-state index in [0.29, 0.717) is 30.3 Å². The second-order valence-corrected chi connectivity index (χ2v) is 4.80. The lowest BCUT2D eigenvalue weighted by molar-refractivity contribution is -0.122. The summed E-state index contributed by atoms with van der Waals surface area (Å²) in [5.74, 6) is 0.626. The minimum absolute atomic E-state index is 0.00306. The van der Waals surface area contributed by atoms with Gasteiger partial charge in [-0.3, -0.25) is 4.79 Å². The summed E-state index contributed by atoms with van der Waals surface area (Å²) in [5, 5.41) is 6.74. The molecule has 1 amide bonds. The van der Waals surface area contributed by atoms with E-state index in [1.165, 1.54) is 6.42 Å². The molecule has 1 atom stereocenters. The molecule has 6 heteroatoms. The highest BCUT2D eigenvalue weighted by Crippen LogP contribution is 2.12. The summed E-state index contributed by atoms with van der Waals surface area (Å²) < 4.78 is 10.5. The van der Waals surface area contributed by atoms with Crippen LogP contribution in [0.1, 0.15) is 31.4 Å². The predicted molar refractivity (Wildman–Crippen MR) is 66.4 cm³/mol. The van der Waals surface area contributed by atoms with E-state index in [0.717, 1.165) is 19.4 Å². The zero-order valence-electron chi connectivity index (χ0n) is 10.2. The van der Waals surface area contributed by atoms with Crippen LogP contribution in [0, 0.1) is 0 Å². The molecule has 1 aliphatic rings. The van der Waals surface area contributed by atoms with Gasteiger partial charge in [0.1, 0.15) is 5.76 Å². The third-order valence-electron chi connectivity index (χ3n) is 2.93. The number of ether oxygens (including phenoxy) is 1. The summed E-state index contributed by atoms with van der Waals surface area (Å²) in [6.45, 7) is 1.40. The van der Waals surface area contributed by atoms with Gasteiger partial charge >= 0.3 is 0 Å². The molecule has 0 spiro atoms. The van der Waals surface area contributed by atoms with Gasteiger partial charge in [-0.05, 0) is 19.3 Å². The molecular formula is C12H17ClN2O3. The summed E-state index contributed by atoms with van der Waals surface area (Å²) in [6, 6.07) is 1.62. The summed E-state index contributed by atoms with van der Waals surface area (Å²) in [5.41, 5.74) is 0. The highest BCUT2D eigenvalue weighted by Gasteiger charge is 2.14. The Morgan fingerprint density at radius 3 is 3.11 bits per heavy atom. The Kier molecular flexibility index (Phi) is 5.01. The topological polar surface area (TPSA) is 64.4 Å². The molecule has 18 heavy (non-hydrogen) atoms. The van der Waals surface area contributed by atoms with E-state index in [4.69, 9.17) is 20.9 Å². The Morgan fingerprint density at radius 2 is 2.44 bits per heavy atom. The van der Waals surface area contributed by atoms with E-state index >= 15 is 0 Å². The van der Waals surface area contributed by atoms with Crippen molar-refractivity contribution in [1.82, 2.24) is 10.5 Å². The average molecular weight is 273 g/mol. The maximum absolute atomic E-state index is 11.6. The van der Waals surface area contributed by atoms with Crippen LogP contribution in [0.3, 0.4) is 0 Å². The molecule has 2 heterocycles. The summed E-state index contributed by atoms with van der Waals surface area (Å²) >= 11 is 5.62. The van der Waals surface area contributed by atoms with Gasteiger partial charge < -0.3 is 14.6 Å². The molecule has 2 rings (SSSR count). The van der Waals surface area contributed by atoms with Crippen molar-refractivity contribution >= 4 is 17.5 Å². The standard InChI is InChI=1S/C12H17ClN2O3/c13-11-7-9(18-15-11)4-5-12(16)14-8-10-3-1-2-6-17-10/h7,10H,1-6,8H2,(H,14,16)/t10-/m0/s1. The van der Waals surface area contributed by atoms with Crippen molar-refractivity contribution in [2.45, 2.75) is 38.2 Å². The fourth-order valence-corrected chi connectivity index (χ4v) is 2.08. The Bertz CT molecular complexity index is 388. The zero-order valence-corrected chi connectivity index (χ0v) is 10.9. The van der Waals surface area contributed by atoms with Gasteiger partial charge in [-0.25, -0.2) is 0 Å². The molecule has 1 aromatic rings. The Hall–Kier alpha value is -1.07. The second kappa shape index (κ2) is 6.75. The number of nitrogens with zero attached hydrogens (tertiary/aromatic N) is 1. The van der Waals surface area contributed by atoms with Crippen LogP contribution < -0.4 is 5.32 Å². The number of nitrogens with one attached hydrogen (secondary N) is 1. The van der Waals surface area contributed by atoms with Crippen molar-refractivity contribution in [1.29, 1.82) is 0 Å². The highest BCUT2D eigenvalue weighted by atomic mass is 35.5. The molecule has 0 aromatic carbocycles. The van der Waals surface area contributed by atoms with Crippen LogP contribution in [0.15, 0.2) is 10.6 Å². The van der Waals surface area contributed by atoms with Crippen LogP contribution >= 0.6 is 11.6 Å². The molecule has 0 saturated carbocycles. The van der Waals surface area contributed by atoms with Gasteiger partial charge in [0.15, 0.2) is 5.15 Å². The van der Waals surface area contributed by atoms with Crippen LogP contribution in [-0.2, 0) is 16.0 Å². The maximum Gasteiger partial charge on any atom is 0.220 e. The number of carbonyl (C=O) groups is 1. The molecule has 1 saturated heterocycles. The third-order valence-corrected chi connectivity index (χ3v) is 3.11. The van der Waals surface area contributed by atoms with Gasteiger partial charge in [0.2, 0.25) is 5.91 Å². The Balaban J connectivity index is 1.62. The molecule has 1 fully saturated rings. The van der Waals surface area contributed by atoms with Crippen LogP contribution in [0.2, 0.25) is 5.15 Å². The first kappa shape index (κ1) is 13.4. The molecule has 1 N–H and O–H groups in total. The average Bonchev–Trinajstić information content (AvgIpc) is 2.81. The number of halogens is 1. The predicted octanol–water partition coefficient (Wildman–Crippen LogP) is 1.95. The van der Waals surface area contributed by atoms with Gasteiger partial charge in [0.05, 0.1) is 6.10 Å². The fourth-order valence-electron chi connectivity index (χ4n) is 1.93. The van der Waals surface area contributed by atoms with Crippen molar-refractivity contribution in [2.24, 2.45) is 0 Å². The van der Waals surface area contributed by atoms with Crippen molar-refractivity contribution in [3.05, 3.63) is 17.0 Å². The van der Waals surface area contributed by atoms with Crippen molar-refractivity contribution < 1.29 is 14.1 Å². The van der Waals surface area contributed by atoms with Gasteiger partial charge in [0, 0.05) is 32.1 Å². The van der Waals surface area contributed by atoms with Crippen molar-refractivity contribution in [3.8, 4) is 0 Å². The molecule has 0 radical (unpaired) electrons. The first-order valence-electron chi connectivity index (χ1n) is 6.23. The highest BCUT2D eigenvalue weighted by molar-refractivity contribution is 6.29. The summed E-state index contributed by atoms with van der Waals surface area (Å²) in [6.07, 6.45) is 4.38. The molecule has 1 aromatic heterocycles.